The second-order valence-electron chi connectivity index (χ2n) is 10.0. The van der Waals surface area contributed by atoms with Crippen LogP contribution < -0.4 is 9.91 Å². The van der Waals surface area contributed by atoms with E-state index in [4.69, 9.17) is 9.84 Å². The van der Waals surface area contributed by atoms with E-state index in [2.05, 4.69) is 15.0 Å². The van der Waals surface area contributed by atoms with E-state index in [0.717, 1.165) is 22.6 Å². The molecule has 0 aliphatic carbocycles. The van der Waals surface area contributed by atoms with Crippen molar-refractivity contribution in [1.82, 2.24) is 24.5 Å². The van der Waals surface area contributed by atoms with Crippen LogP contribution in [0, 0.1) is 13.8 Å². The molecule has 4 heterocycles. The molecule has 2 amide bonds. The molecule has 1 aromatic carbocycles. The number of hydrogen-bond donors (Lipinski definition) is 0. The second-order valence-corrected chi connectivity index (χ2v) is 10.0. The number of imidazole rings is 1. The minimum Gasteiger partial charge on any atom is -0.444 e. The first-order valence-electron chi connectivity index (χ1n) is 11.9. The van der Waals surface area contributed by atoms with Crippen LogP contribution in [0.4, 0.5) is 16.3 Å². The van der Waals surface area contributed by atoms with Gasteiger partial charge in [0.25, 0.3) is 5.91 Å². The minimum atomic E-state index is -0.527. The molecule has 10 heteroatoms. The summed E-state index contributed by atoms with van der Waals surface area (Å²) >= 11 is 0. The lowest BCUT2D eigenvalue weighted by Gasteiger charge is -2.46. The molecule has 10 nitrogen and oxygen atoms in total. The summed E-state index contributed by atoms with van der Waals surface area (Å²) < 4.78 is 7.27. The molecule has 3 aromatic rings. The van der Waals surface area contributed by atoms with E-state index in [1.807, 2.05) is 71.1 Å². The predicted octanol–water partition coefficient (Wildman–Crippen LogP) is 3.24. The van der Waals surface area contributed by atoms with Gasteiger partial charge in [-0.15, -0.1) is 5.10 Å². The van der Waals surface area contributed by atoms with Crippen LogP contribution in [0.5, 0.6) is 0 Å². The van der Waals surface area contributed by atoms with Gasteiger partial charge in [-0.25, -0.2) is 19.3 Å². The minimum absolute atomic E-state index is 0.0904. The standard InChI is InChI=1S/C25H31N7O3/c1-17-14-21(27-31-15-18(2)26-22(17)31)30-16-32(20-9-7-6-8-19(20)23(30)33)29-12-10-28(11-13-29)24(34)35-25(3,4)5/h6-9,14-15H,10-13,16H2,1-5H3. The van der Waals surface area contributed by atoms with E-state index < -0.39 is 5.60 Å². The van der Waals surface area contributed by atoms with Gasteiger partial charge in [-0.2, -0.15) is 0 Å². The van der Waals surface area contributed by atoms with Crippen molar-refractivity contribution in [3.8, 4) is 0 Å². The molecule has 1 saturated heterocycles. The number of carbonyl (C=O) groups excluding carboxylic acids is 2. The molecule has 2 aromatic heterocycles. The van der Waals surface area contributed by atoms with E-state index >= 15 is 0 Å². The third kappa shape index (κ3) is 4.41. The number of fused-ring (bicyclic) bond motifs is 2. The van der Waals surface area contributed by atoms with Gasteiger partial charge < -0.3 is 9.64 Å². The molecule has 0 saturated carbocycles. The molecule has 2 aliphatic heterocycles. The Balaban J connectivity index is 1.42. The molecule has 1 fully saturated rings. The molecule has 0 N–H and O–H groups in total. The molecule has 0 radical (unpaired) electrons. The molecule has 5 rings (SSSR count). The summed E-state index contributed by atoms with van der Waals surface area (Å²) in [6, 6.07) is 9.53. The molecule has 0 atom stereocenters. The summed E-state index contributed by atoms with van der Waals surface area (Å²) in [5, 5.41) is 9.00. The average Bonchev–Trinajstić information content (AvgIpc) is 3.19. The molecular weight excluding hydrogens is 446 g/mol. The van der Waals surface area contributed by atoms with Gasteiger partial charge in [-0.05, 0) is 58.4 Å². The number of rotatable bonds is 2. The quantitative estimate of drug-likeness (QED) is 0.560. The van der Waals surface area contributed by atoms with E-state index in [-0.39, 0.29) is 12.0 Å². The molecule has 184 valence electrons. The Morgan fingerprint density at radius 2 is 1.77 bits per heavy atom. The Hall–Kier alpha value is -3.66. The number of anilines is 2. The lowest BCUT2D eigenvalue weighted by atomic mass is 10.1. The van der Waals surface area contributed by atoms with E-state index in [1.54, 1.807) is 14.3 Å². The number of piperazine rings is 1. The first kappa shape index (κ1) is 23.1. The van der Waals surface area contributed by atoms with Crippen molar-refractivity contribution in [2.24, 2.45) is 0 Å². The number of hydrazine groups is 1. The van der Waals surface area contributed by atoms with Crippen molar-refractivity contribution in [3.63, 3.8) is 0 Å². The lowest BCUT2D eigenvalue weighted by Crippen LogP contribution is -2.60. The summed E-state index contributed by atoms with van der Waals surface area (Å²) in [5.41, 5.74) is 3.56. The molecule has 0 bridgehead atoms. The highest BCUT2D eigenvalue weighted by molar-refractivity contribution is 6.11. The highest BCUT2D eigenvalue weighted by atomic mass is 16.6. The Labute approximate surface area is 204 Å². The first-order chi connectivity index (χ1) is 16.6. The van der Waals surface area contributed by atoms with E-state index in [9.17, 15) is 9.59 Å². The van der Waals surface area contributed by atoms with Gasteiger partial charge in [0.1, 0.15) is 12.3 Å². The second kappa shape index (κ2) is 8.53. The Kier molecular flexibility index (Phi) is 5.63. The summed E-state index contributed by atoms with van der Waals surface area (Å²) in [7, 11) is 0. The molecule has 2 aliphatic rings. The molecule has 35 heavy (non-hydrogen) atoms. The number of amides is 2. The molecule has 0 unspecified atom stereocenters. The number of aryl methyl sites for hydroxylation is 2. The maximum Gasteiger partial charge on any atom is 0.410 e. The fourth-order valence-electron chi connectivity index (χ4n) is 4.52. The van der Waals surface area contributed by atoms with Crippen molar-refractivity contribution in [3.05, 3.63) is 53.3 Å². The average molecular weight is 478 g/mol. The van der Waals surface area contributed by atoms with Gasteiger partial charge in [-0.1, -0.05) is 12.1 Å². The summed E-state index contributed by atoms with van der Waals surface area (Å²) in [5.74, 6) is 0.483. The van der Waals surface area contributed by atoms with Crippen molar-refractivity contribution in [2.75, 3.05) is 42.8 Å². The number of carbonyl (C=O) groups is 2. The topological polar surface area (TPSA) is 86.5 Å². The first-order valence-corrected chi connectivity index (χ1v) is 11.9. The fraction of sp³-hybridized carbons (Fsp3) is 0.440. The highest BCUT2D eigenvalue weighted by Gasteiger charge is 2.36. The number of nitrogens with zero attached hydrogens (tertiary/aromatic N) is 7. The predicted molar refractivity (Wildman–Crippen MR) is 132 cm³/mol. The van der Waals surface area contributed by atoms with Gasteiger partial charge in [0.15, 0.2) is 11.5 Å². The summed E-state index contributed by atoms with van der Waals surface area (Å²) in [6.07, 6.45) is 1.57. The Morgan fingerprint density at radius 3 is 2.49 bits per heavy atom. The third-order valence-electron chi connectivity index (χ3n) is 6.18. The Morgan fingerprint density at radius 1 is 1.06 bits per heavy atom. The number of hydrogen-bond acceptors (Lipinski definition) is 7. The number of benzene rings is 1. The van der Waals surface area contributed by atoms with Crippen LogP contribution in [0.25, 0.3) is 5.65 Å². The van der Waals surface area contributed by atoms with Gasteiger partial charge in [0.05, 0.1) is 23.1 Å². The monoisotopic (exact) mass is 477 g/mol. The van der Waals surface area contributed by atoms with E-state index in [0.29, 0.717) is 44.2 Å². The molecule has 0 spiro atoms. The SMILES string of the molecule is Cc1cn2nc(N3CN(N4CCN(C(=O)OC(C)(C)C)CC4)c4ccccc4C3=O)cc(C)c2n1. The van der Waals surface area contributed by atoms with Crippen molar-refractivity contribution < 1.29 is 14.3 Å². The van der Waals surface area contributed by atoms with Crippen LogP contribution in [-0.4, -0.2) is 75.0 Å². The zero-order chi connectivity index (χ0) is 24.9. The fourth-order valence-corrected chi connectivity index (χ4v) is 4.52. The third-order valence-corrected chi connectivity index (χ3v) is 6.18. The highest BCUT2D eigenvalue weighted by Crippen LogP contribution is 2.32. The van der Waals surface area contributed by atoms with Crippen molar-refractivity contribution in [1.29, 1.82) is 0 Å². The van der Waals surface area contributed by atoms with Gasteiger partial charge in [0.2, 0.25) is 0 Å². The number of para-hydroxylation sites is 1. The zero-order valence-electron chi connectivity index (χ0n) is 20.9. The van der Waals surface area contributed by atoms with Crippen molar-refractivity contribution >= 4 is 29.2 Å². The zero-order valence-corrected chi connectivity index (χ0v) is 20.9. The number of aromatic nitrogens is 3. The smallest absolute Gasteiger partial charge is 0.410 e. The normalized spacial score (nSPS) is 17.2. The van der Waals surface area contributed by atoms with Crippen LogP contribution in [0.2, 0.25) is 0 Å². The van der Waals surface area contributed by atoms with Crippen LogP contribution in [0.3, 0.4) is 0 Å². The van der Waals surface area contributed by atoms with Gasteiger partial charge >= 0.3 is 6.09 Å². The van der Waals surface area contributed by atoms with Gasteiger partial charge in [-0.3, -0.25) is 14.7 Å². The van der Waals surface area contributed by atoms with Crippen LogP contribution in [0.1, 0.15) is 42.4 Å². The maximum absolute atomic E-state index is 13.5. The maximum atomic E-state index is 13.5. The van der Waals surface area contributed by atoms with Crippen LogP contribution in [0.15, 0.2) is 36.5 Å². The van der Waals surface area contributed by atoms with E-state index in [1.165, 1.54) is 0 Å². The van der Waals surface area contributed by atoms with Crippen LogP contribution >= 0.6 is 0 Å². The van der Waals surface area contributed by atoms with Gasteiger partial charge in [0, 0.05) is 26.2 Å². The largest absolute Gasteiger partial charge is 0.444 e. The number of ether oxygens (including phenoxy) is 1. The molecular formula is C25H31N7O3. The van der Waals surface area contributed by atoms with Crippen molar-refractivity contribution in [2.45, 2.75) is 40.2 Å². The van der Waals surface area contributed by atoms with Crippen LogP contribution in [-0.2, 0) is 4.74 Å². The lowest BCUT2D eigenvalue weighted by molar-refractivity contribution is 0.0134. The summed E-state index contributed by atoms with van der Waals surface area (Å²) in [4.78, 5) is 34.0. The summed E-state index contributed by atoms with van der Waals surface area (Å²) in [6.45, 7) is 12.2. The Bertz CT molecular complexity index is 1290.